The molecule has 0 fully saturated rings. The molecule has 0 aliphatic rings. The molecule has 3 N–H and O–H groups in total. The SMILES string of the molecule is CC(C)n1ccc(-c2[nH]c(CCc3cccc(F)c3)nc2-c2ccc3ncc(C(N)=O)n3n2)n1. The van der Waals surface area contributed by atoms with Crippen LogP contribution in [0.15, 0.2) is 54.9 Å². The summed E-state index contributed by atoms with van der Waals surface area (Å²) in [5.74, 6) is -0.164. The van der Waals surface area contributed by atoms with E-state index in [-0.39, 0.29) is 17.6 Å². The fraction of sp³-hybridized carbons (Fsp3) is 0.208. The average Bonchev–Trinajstić information content (AvgIpc) is 3.55. The number of benzene rings is 1. The number of hydrogen-bond acceptors (Lipinski definition) is 5. The van der Waals surface area contributed by atoms with E-state index in [1.54, 1.807) is 18.2 Å². The first-order valence-electron chi connectivity index (χ1n) is 10.9. The Bertz CT molecular complexity index is 1500. The number of fused-ring (bicyclic) bond motifs is 1. The van der Waals surface area contributed by atoms with Crippen molar-refractivity contribution in [2.75, 3.05) is 0 Å². The number of hydrogen-bond donors (Lipinski definition) is 2. The molecule has 0 saturated heterocycles. The second-order valence-corrected chi connectivity index (χ2v) is 8.31. The molecular formula is C24H23FN8O. The summed E-state index contributed by atoms with van der Waals surface area (Å²) in [5, 5.41) is 9.27. The molecule has 0 aliphatic carbocycles. The van der Waals surface area contributed by atoms with Crippen molar-refractivity contribution in [1.29, 1.82) is 0 Å². The van der Waals surface area contributed by atoms with Gasteiger partial charge >= 0.3 is 0 Å². The van der Waals surface area contributed by atoms with Gasteiger partial charge in [0.15, 0.2) is 5.65 Å². The highest BCUT2D eigenvalue weighted by atomic mass is 19.1. The molecule has 4 aromatic heterocycles. The van der Waals surface area contributed by atoms with E-state index in [0.717, 1.165) is 17.1 Å². The summed E-state index contributed by atoms with van der Waals surface area (Å²) < 4.78 is 16.9. The van der Waals surface area contributed by atoms with E-state index >= 15 is 0 Å². The molecule has 1 amide bonds. The van der Waals surface area contributed by atoms with Crippen LogP contribution < -0.4 is 5.73 Å². The van der Waals surface area contributed by atoms with Gasteiger partial charge in [-0.1, -0.05) is 12.1 Å². The number of aromatic nitrogens is 7. The summed E-state index contributed by atoms with van der Waals surface area (Å²) in [6.07, 6.45) is 4.49. The average molecular weight is 459 g/mol. The molecule has 0 saturated carbocycles. The fourth-order valence-corrected chi connectivity index (χ4v) is 3.79. The number of rotatable bonds is 7. The van der Waals surface area contributed by atoms with Gasteiger partial charge in [-0.25, -0.2) is 18.9 Å². The van der Waals surface area contributed by atoms with Crippen LogP contribution in [-0.4, -0.2) is 40.3 Å². The van der Waals surface area contributed by atoms with Gasteiger partial charge in [0.05, 0.1) is 11.9 Å². The number of carbonyl (C=O) groups excluding carboxylic acids is 1. The van der Waals surface area contributed by atoms with Crippen LogP contribution in [0.5, 0.6) is 0 Å². The first-order valence-corrected chi connectivity index (χ1v) is 10.9. The van der Waals surface area contributed by atoms with Crippen LogP contribution in [0.25, 0.3) is 28.4 Å². The highest BCUT2D eigenvalue weighted by Crippen LogP contribution is 2.29. The van der Waals surface area contributed by atoms with Crippen molar-refractivity contribution in [2.45, 2.75) is 32.7 Å². The molecule has 0 radical (unpaired) electrons. The van der Waals surface area contributed by atoms with E-state index in [0.29, 0.717) is 35.6 Å². The number of halogens is 1. The number of imidazole rings is 2. The summed E-state index contributed by atoms with van der Waals surface area (Å²) >= 11 is 0. The minimum absolute atomic E-state index is 0.185. The number of nitrogens with one attached hydrogen (secondary N) is 1. The van der Waals surface area contributed by atoms with Crippen LogP contribution in [0.2, 0.25) is 0 Å². The Morgan fingerprint density at radius 1 is 1.12 bits per heavy atom. The highest BCUT2D eigenvalue weighted by molar-refractivity contribution is 5.91. The molecule has 0 bridgehead atoms. The van der Waals surface area contributed by atoms with E-state index in [9.17, 15) is 9.18 Å². The van der Waals surface area contributed by atoms with Crippen molar-refractivity contribution in [2.24, 2.45) is 5.73 Å². The predicted molar refractivity (Wildman–Crippen MR) is 125 cm³/mol. The molecular weight excluding hydrogens is 435 g/mol. The summed E-state index contributed by atoms with van der Waals surface area (Å²) in [6.45, 7) is 4.10. The van der Waals surface area contributed by atoms with Crippen molar-refractivity contribution >= 4 is 11.6 Å². The zero-order valence-corrected chi connectivity index (χ0v) is 18.7. The van der Waals surface area contributed by atoms with Gasteiger partial charge < -0.3 is 10.7 Å². The minimum atomic E-state index is -0.620. The molecule has 10 heteroatoms. The predicted octanol–water partition coefficient (Wildman–Crippen LogP) is 3.59. The van der Waals surface area contributed by atoms with E-state index in [2.05, 4.69) is 34.0 Å². The molecule has 5 aromatic rings. The second kappa shape index (κ2) is 8.54. The van der Waals surface area contributed by atoms with Crippen LogP contribution in [-0.2, 0) is 12.8 Å². The molecule has 4 heterocycles. The molecule has 9 nitrogen and oxygen atoms in total. The standard InChI is InChI=1S/C24H23FN8O/c1-14(2)32-11-10-18(30-32)23-22(17-7-9-21-27-13-19(24(26)34)33(21)31-17)28-20(29-23)8-6-15-4-3-5-16(25)12-15/h3-5,7,9-14H,6,8H2,1-2H3,(H2,26,34)(H,28,29). The molecule has 34 heavy (non-hydrogen) atoms. The first kappa shape index (κ1) is 21.5. The number of nitrogens with zero attached hydrogens (tertiary/aromatic N) is 6. The van der Waals surface area contributed by atoms with Gasteiger partial charge in [-0.05, 0) is 56.2 Å². The third-order valence-electron chi connectivity index (χ3n) is 5.54. The van der Waals surface area contributed by atoms with Gasteiger partial charge in [0.2, 0.25) is 0 Å². The smallest absolute Gasteiger partial charge is 0.269 e. The molecule has 0 spiro atoms. The Labute approximate surface area is 194 Å². The van der Waals surface area contributed by atoms with Crippen molar-refractivity contribution in [3.05, 3.63) is 77.8 Å². The van der Waals surface area contributed by atoms with Crippen molar-refractivity contribution in [3.63, 3.8) is 0 Å². The van der Waals surface area contributed by atoms with Gasteiger partial charge in [-0.3, -0.25) is 9.48 Å². The largest absolute Gasteiger partial charge is 0.364 e. The third kappa shape index (κ3) is 4.05. The number of nitrogens with two attached hydrogens (primary N) is 1. The molecule has 5 rings (SSSR count). The molecule has 0 aliphatic heterocycles. The number of aryl methyl sites for hydroxylation is 2. The number of primary amides is 1. The van der Waals surface area contributed by atoms with E-state index in [1.807, 2.05) is 23.0 Å². The Balaban J connectivity index is 1.57. The maximum Gasteiger partial charge on any atom is 0.269 e. The normalized spacial score (nSPS) is 11.5. The number of amides is 1. The van der Waals surface area contributed by atoms with Crippen molar-refractivity contribution in [3.8, 4) is 22.8 Å². The monoisotopic (exact) mass is 458 g/mol. The number of aromatic amines is 1. The lowest BCUT2D eigenvalue weighted by Crippen LogP contribution is -2.15. The Morgan fingerprint density at radius 2 is 1.97 bits per heavy atom. The summed E-state index contributed by atoms with van der Waals surface area (Å²) in [6, 6.07) is 12.2. The quantitative estimate of drug-likeness (QED) is 0.386. The number of H-pyrrole nitrogens is 1. The second-order valence-electron chi connectivity index (χ2n) is 8.31. The summed E-state index contributed by atoms with van der Waals surface area (Å²) in [4.78, 5) is 24.1. The first-order chi connectivity index (χ1) is 16.4. The van der Waals surface area contributed by atoms with Gasteiger partial charge in [0.1, 0.15) is 34.4 Å². The maximum absolute atomic E-state index is 13.6. The lowest BCUT2D eigenvalue weighted by atomic mass is 10.1. The topological polar surface area (TPSA) is 120 Å². The van der Waals surface area contributed by atoms with Gasteiger partial charge in [-0.2, -0.15) is 10.2 Å². The van der Waals surface area contributed by atoms with Gasteiger partial charge in [0.25, 0.3) is 5.91 Å². The van der Waals surface area contributed by atoms with Crippen LogP contribution in [0.3, 0.4) is 0 Å². The molecule has 1 aromatic carbocycles. The third-order valence-corrected chi connectivity index (χ3v) is 5.54. The lowest BCUT2D eigenvalue weighted by molar-refractivity contribution is 0.0993. The zero-order valence-electron chi connectivity index (χ0n) is 18.7. The highest BCUT2D eigenvalue weighted by Gasteiger charge is 2.20. The van der Waals surface area contributed by atoms with E-state index in [4.69, 9.17) is 10.7 Å². The van der Waals surface area contributed by atoms with Gasteiger partial charge in [0, 0.05) is 18.7 Å². The Hall–Kier alpha value is -4.34. The van der Waals surface area contributed by atoms with Crippen molar-refractivity contribution in [1.82, 2.24) is 34.3 Å². The Kier molecular flexibility index (Phi) is 5.40. The summed E-state index contributed by atoms with van der Waals surface area (Å²) in [5.41, 5.74) is 9.60. The summed E-state index contributed by atoms with van der Waals surface area (Å²) in [7, 11) is 0. The van der Waals surface area contributed by atoms with Crippen LogP contribution >= 0.6 is 0 Å². The minimum Gasteiger partial charge on any atom is -0.364 e. The van der Waals surface area contributed by atoms with E-state index < -0.39 is 5.91 Å². The van der Waals surface area contributed by atoms with Crippen LogP contribution in [0.4, 0.5) is 4.39 Å². The van der Waals surface area contributed by atoms with E-state index in [1.165, 1.54) is 22.8 Å². The molecule has 0 unspecified atom stereocenters. The lowest BCUT2D eigenvalue weighted by Gasteiger charge is -2.04. The fourth-order valence-electron chi connectivity index (χ4n) is 3.79. The van der Waals surface area contributed by atoms with Gasteiger partial charge in [-0.15, -0.1) is 0 Å². The van der Waals surface area contributed by atoms with Crippen LogP contribution in [0, 0.1) is 5.82 Å². The molecule has 172 valence electrons. The zero-order chi connectivity index (χ0) is 23.8. The Morgan fingerprint density at radius 3 is 2.71 bits per heavy atom. The van der Waals surface area contributed by atoms with Crippen molar-refractivity contribution < 1.29 is 9.18 Å². The number of carbonyl (C=O) groups is 1. The maximum atomic E-state index is 13.6. The van der Waals surface area contributed by atoms with Crippen LogP contribution in [0.1, 0.15) is 41.8 Å². The molecule has 0 atom stereocenters.